The summed E-state index contributed by atoms with van der Waals surface area (Å²) in [4.78, 5) is 0. The van der Waals surface area contributed by atoms with Crippen molar-refractivity contribution in [1.82, 2.24) is 0 Å². The van der Waals surface area contributed by atoms with Gasteiger partial charge in [-0.15, -0.1) is 0 Å². The van der Waals surface area contributed by atoms with E-state index in [2.05, 4.69) is 0 Å². The van der Waals surface area contributed by atoms with Gasteiger partial charge in [-0.1, -0.05) is 0 Å². The monoisotopic (exact) mass is 611 g/mol. The summed E-state index contributed by atoms with van der Waals surface area (Å²) in [5.74, 6) is 0. The fraction of sp³-hybridized carbons (Fsp3) is 0. The largest absolute Gasteiger partial charge is 1.00 e. The Morgan fingerprint density at radius 3 is 0.167 bits per heavy atom. The standard InChI is InChI=1S/6BrH.6Na/h6*1H;;;;;;/q;;;;;;6*+1/p-6. The van der Waals surface area contributed by atoms with Crippen molar-refractivity contribution in [2.24, 2.45) is 0 Å². The maximum Gasteiger partial charge on any atom is 1.00 e. The summed E-state index contributed by atoms with van der Waals surface area (Å²) in [6.07, 6.45) is 0. The van der Waals surface area contributed by atoms with Crippen molar-refractivity contribution < 1.29 is 279 Å². The molecule has 0 heterocycles. The van der Waals surface area contributed by atoms with Crippen molar-refractivity contribution in [3.63, 3.8) is 0 Å². The molecule has 0 rings (SSSR count). The van der Waals surface area contributed by atoms with E-state index in [-0.39, 0.29) is 279 Å². The number of hydrogen-bond donors (Lipinski definition) is 0. The van der Waals surface area contributed by atoms with Crippen molar-refractivity contribution in [3.05, 3.63) is 0 Å². The molecule has 0 aromatic rings. The van der Waals surface area contributed by atoms with Crippen LogP contribution in [0.3, 0.4) is 0 Å². The Balaban J connectivity index is 0. The molecule has 0 atom stereocenters. The van der Waals surface area contributed by atoms with E-state index in [1.165, 1.54) is 0 Å². The third kappa shape index (κ3) is 76.5. The molecule has 0 saturated heterocycles. The van der Waals surface area contributed by atoms with Gasteiger partial charge in [0.25, 0.3) is 0 Å². The second kappa shape index (κ2) is 89.9. The van der Waals surface area contributed by atoms with Crippen LogP contribution in [0, 0.1) is 0 Å². The molecule has 0 spiro atoms. The van der Waals surface area contributed by atoms with Gasteiger partial charge in [0.05, 0.1) is 0 Å². The van der Waals surface area contributed by atoms with Crippen molar-refractivity contribution in [3.8, 4) is 0 Å². The summed E-state index contributed by atoms with van der Waals surface area (Å²) in [5, 5.41) is 0. The van der Waals surface area contributed by atoms with Crippen molar-refractivity contribution in [2.75, 3.05) is 0 Å². The van der Waals surface area contributed by atoms with E-state index in [1.807, 2.05) is 0 Å². The maximum atomic E-state index is 0. The third-order valence-electron chi connectivity index (χ3n) is 0. The molecule has 0 fully saturated rings. The van der Waals surface area contributed by atoms with Crippen molar-refractivity contribution in [2.45, 2.75) is 0 Å². The fourth-order valence-corrected chi connectivity index (χ4v) is 0. The average molecular weight is 617 g/mol. The van der Waals surface area contributed by atoms with Crippen LogP contribution in [-0.2, 0) is 0 Å². The molecule has 0 aromatic heterocycles. The minimum absolute atomic E-state index is 0. The molecule has 48 valence electrons. The van der Waals surface area contributed by atoms with Crippen LogP contribution >= 0.6 is 0 Å². The Morgan fingerprint density at radius 2 is 0.167 bits per heavy atom. The van der Waals surface area contributed by atoms with E-state index in [0.717, 1.165) is 0 Å². The Labute approximate surface area is 271 Å². The molecule has 0 unspecified atom stereocenters. The van der Waals surface area contributed by atoms with E-state index >= 15 is 0 Å². The second-order valence-electron chi connectivity index (χ2n) is 0. The van der Waals surface area contributed by atoms with Gasteiger partial charge >= 0.3 is 177 Å². The summed E-state index contributed by atoms with van der Waals surface area (Å²) < 4.78 is 0. The molecule has 0 bridgehead atoms. The summed E-state index contributed by atoms with van der Waals surface area (Å²) in [6.45, 7) is 0. The zero-order valence-electron chi connectivity index (χ0n) is 8.27. The minimum Gasteiger partial charge on any atom is -1.00 e. The van der Waals surface area contributed by atoms with E-state index in [0.29, 0.717) is 0 Å². The first-order chi connectivity index (χ1) is 0. The van der Waals surface area contributed by atoms with Crippen molar-refractivity contribution in [1.29, 1.82) is 0 Å². The fourth-order valence-electron chi connectivity index (χ4n) is 0. The SMILES string of the molecule is [Br-].[Br-].[Br-].[Br-].[Br-].[Br-].[Na+].[Na+].[Na+].[Na+].[Na+].[Na+]. The van der Waals surface area contributed by atoms with Crippen LogP contribution in [0.2, 0.25) is 0 Å². The van der Waals surface area contributed by atoms with Gasteiger partial charge in [0.1, 0.15) is 0 Å². The van der Waals surface area contributed by atoms with Crippen LogP contribution in [-0.4, -0.2) is 0 Å². The van der Waals surface area contributed by atoms with Crippen LogP contribution in [0.1, 0.15) is 0 Å². The van der Waals surface area contributed by atoms with Crippen molar-refractivity contribution >= 4 is 0 Å². The molecule has 0 amide bonds. The van der Waals surface area contributed by atoms with E-state index in [9.17, 15) is 0 Å². The summed E-state index contributed by atoms with van der Waals surface area (Å²) >= 11 is 0. The van der Waals surface area contributed by atoms with Gasteiger partial charge in [0.15, 0.2) is 0 Å². The molecule has 0 radical (unpaired) electrons. The van der Waals surface area contributed by atoms with E-state index < -0.39 is 0 Å². The topological polar surface area (TPSA) is 0 Å². The summed E-state index contributed by atoms with van der Waals surface area (Å²) in [7, 11) is 0. The van der Waals surface area contributed by atoms with Crippen LogP contribution in [0.5, 0.6) is 0 Å². The van der Waals surface area contributed by atoms with Gasteiger partial charge in [-0.3, -0.25) is 0 Å². The molecule has 12 heavy (non-hydrogen) atoms. The molecule has 12 heteroatoms. The zero-order chi connectivity index (χ0) is 0. The van der Waals surface area contributed by atoms with Crippen LogP contribution in [0.25, 0.3) is 0 Å². The van der Waals surface area contributed by atoms with E-state index in [1.54, 1.807) is 0 Å². The van der Waals surface area contributed by atoms with Gasteiger partial charge in [0, 0.05) is 0 Å². The third-order valence-corrected chi connectivity index (χ3v) is 0. The first-order valence-electron chi connectivity index (χ1n) is 0. The van der Waals surface area contributed by atoms with Gasteiger partial charge in [0.2, 0.25) is 0 Å². The Morgan fingerprint density at radius 1 is 0.167 bits per heavy atom. The molecule has 0 aliphatic carbocycles. The molecule has 0 nitrogen and oxygen atoms in total. The second-order valence-corrected chi connectivity index (χ2v) is 0. The quantitative estimate of drug-likeness (QED) is 0.237. The molecular weight excluding hydrogens is 617 g/mol. The molecule has 0 aliphatic rings. The average Bonchev–Trinajstić information content (AvgIpc) is 0. The number of rotatable bonds is 0. The first kappa shape index (κ1) is 105. The Bertz CT molecular complexity index is 12.0. The van der Waals surface area contributed by atoms with Gasteiger partial charge in [-0.2, -0.15) is 0 Å². The van der Waals surface area contributed by atoms with Crippen LogP contribution in [0.15, 0.2) is 0 Å². The van der Waals surface area contributed by atoms with Gasteiger partial charge < -0.3 is 102 Å². The maximum absolute atomic E-state index is 0. The minimum atomic E-state index is 0. The Hall–Kier alpha value is 8.88. The molecule has 0 aromatic carbocycles. The van der Waals surface area contributed by atoms with Crippen LogP contribution in [0.4, 0.5) is 0 Å². The molecule has 0 N–H and O–H groups in total. The number of hydrogen-bond acceptors (Lipinski definition) is 0. The normalized spacial score (nSPS) is 0. The molecule has 0 saturated carbocycles. The van der Waals surface area contributed by atoms with Crippen LogP contribution < -0.4 is 279 Å². The first-order valence-corrected chi connectivity index (χ1v) is 0. The smallest absolute Gasteiger partial charge is 1.00 e. The summed E-state index contributed by atoms with van der Waals surface area (Å²) in [6, 6.07) is 0. The van der Waals surface area contributed by atoms with Gasteiger partial charge in [-0.05, 0) is 0 Å². The molecule has 0 aliphatic heterocycles. The van der Waals surface area contributed by atoms with E-state index in [4.69, 9.17) is 0 Å². The zero-order valence-corrected chi connectivity index (χ0v) is 29.8. The number of halogens is 6. The Kier molecular flexibility index (Phi) is 784. The van der Waals surface area contributed by atoms with Gasteiger partial charge in [-0.25, -0.2) is 0 Å². The molecular formula is Br6Na6. The predicted molar refractivity (Wildman–Crippen MR) is 0 cm³/mol. The summed E-state index contributed by atoms with van der Waals surface area (Å²) in [5.41, 5.74) is 0. The predicted octanol–water partition coefficient (Wildman–Crippen LogP) is -36.0.